The Hall–Kier alpha value is -2.08. The van der Waals surface area contributed by atoms with Gasteiger partial charge in [-0.3, -0.25) is 10.1 Å². The Morgan fingerprint density at radius 2 is 2.22 bits per heavy atom. The first kappa shape index (κ1) is 14.0. The predicted molar refractivity (Wildman–Crippen MR) is 68.2 cm³/mol. The standard InChI is InChI=1S/C12H16N2O4/c1-9(7-13-2)8-18-12-6-10(14(15)16)4-5-11(12)17-3/h4-6,13H,1,7-8H2,2-3H3. The summed E-state index contributed by atoms with van der Waals surface area (Å²) in [6.45, 7) is 4.71. The molecule has 0 spiro atoms. The molecule has 1 N–H and O–H groups in total. The first-order chi connectivity index (χ1) is 8.58. The lowest BCUT2D eigenvalue weighted by Crippen LogP contribution is -2.14. The van der Waals surface area contributed by atoms with Gasteiger partial charge in [-0.15, -0.1) is 0 Å². The van der Waals surface area contributed by atoms with Gasteiger partial charge in [-0.2, -0.15) is 0 Å². The molecule has 0 saturated heterocycles. The van der Waals surface area contributed by atoms with E-state index in [1.54, 1.807) is 7.05 Å². The number of hydrogen-bond acceptors (Lipinski definition) is 5. The number of benzene rings is 1. The van der Waals surface area contributed by atoms with Crippen LogP contribution in [0, 0.1) is 10.1 Å². The predicted octanol–water partition coefficient (Wildman–Crippen LogP) is 1.76. The van der Waals surface area contributed by atoms with Gasteiger partial charge in [-0.25, -0.2) is 0 Å². The molecule has 1 aromatic rings. The minimum absolute atomic E-state index is 0.0370. The van der Waals surface area contributed by atoms with Crippen LogP contribution in [0.4, 0.5) is 5.69 Å². The number of ether oxygens (including phenoxy) is 2. The highest BCUT2D eigenvalue weighted by Gasteiger charge is 2.12. The Kier molecular flexibility index (Phi) is 5.13. The maximum atomic E-state index is 10.7. The van der Waals surface area contributed by atoms with Crippen molar-refractivity contribution in [1.82, 2.24) is 5.32 Å². The Labute approximate surface area is 105 Å². The monoisotopic (exact) mass is 252 g/mol. The van der Waals surface area contributed by atoms with Crippen molar-refractivity contribution in [3.05, 3.63) is 40.5 Å². The second-order valence-electron chi connectivity index (χ2n) is 3.66. The molecule has 0 aliphatic carbocycles. The number of nitrogens with one attached hydrogen (secondary N) is 1. The van der Waals surface area contributed by atoms with Crippen LogP contribution in [0.15, 0.2) is 30.4 Å². The van der Waals surface area contributed by atoms with Crippen molar-refractivity contribution in [2.45, 2.75) is 0 Å². The van der Waals surface area contributed by atoms with Gasteiger partial charge in [0.05, 0.1) is 18.1 Å². The average Bonchev–Trinajstić information content (AvgIpc) is 2.36. The molecule has 0 amide bonds. The summed E-state index contributed by atoms with van der Waals surface area (Å²) >= 11 is 0. The quantitative estimate of drug-likeness (QED) is 0.454. The Bertz CT molecular complexity index is 446. The summed E-state index contributed by atoms with van der Waals surface area (Å²) < 4.78 is 10.5. The molecular formula is C12H16N2O4. The van der Waals surface area contributed by atoms with Gasteiger partial charge >= 0.3 is 0 Å². The fourth-order valence-corrected chi connectivity index (χ4v) is 1.37. The van der Waals surface area contributed by atoms with Crippen molar-refractivity contribution in [2.24, 2.45) is 0 Å². The Morgan fingerprint density at radius 1 is 1.50 bits per heavy atom. The van der Waals surface area contributed by atoms with Crippen molar-refractivity contribution in [3.63, 3.8) is 0 Å². The second-order valence-corrected chi connectivity index (χ2v) is 3.66. The van der Waals surface area contributed by atoms with E-state index in [2.05, 4.69) is 11.9 Å². The molecule has 6 nitrogen and oxygen atoms in total. The molecule has 1 aromatic carbocycles. The van der Waals surface area contributed by atoms with Crippen LogP contribution in [0.2, 0.25) is 0 Å². The number of non-ortho nitro benzene ring substituents is 1. The smallest absolute Gasteiger partial charge is 0.273 e. The molecule has 0 atom stereocenters. The van der Waals surface area contributed by atoms with Gasteiger partial charge in [0.2, 0.25) is 0 Å². The molecule has 6 heteroatoms. The number of nitro groups is 1. The average molecular weight is 252 g/mol. The van der Waals surface area contributed by atoms with Crippen LogP contribution in [-0.2, 0) is 0 Å². The minimum Gasteiger partial charge on any atom is -0.493 e. The zero-order valence-electron chi connectivity index (χ0n) is 10.4. The van der Waals surface area contributed by atoms with Crippen molar-refractivity contribution in [3.8, 4) is 11.5 Å². The molecule has 98 valence electrons. The lowest BCUT2D eigenvalue weighted by Gasteiger charge is -2.11. The van der Waals surface area contributed by atoms with Gasteiger partial charge in [-0.1, -0.05) is 6.58 Å². The number of hydrogen-bond donors (Lipinski definition) is 1. The summed E-state index contributed by atoms with van der Waals surface area (Å²) in [6, 6.07) is 4.22. The molecule has 0 unspecified atom stereocenters. The molecule has 0 radical (unpaired) electrons. The van der Waals surface area contributed by atoms with Gasteiger partial charge in [0, 0.05) is 12.6 Å². The maximum Gasteiger partial charge on any atom is 0.273 e. The highest BCUT2D eigenvalue weighted by atomic mass is 16.6. The van der Waals surface area contributed by atoms with Crippen LogP contribution >= 0.6 is 0 Å². The first-order valence-corrected chi connectivity index (χ1v) is 5.35. The molecular weight excluding hydrogens is 236 g/mol. The maximum absolute atomic E-state index is 10.7. The molecule has 1 rings (SSSR count). The Morgan fingerprint density at radius 3 is 2.78 bits per heavy atom. The number of likely N-dealkylation sites (N-methyl/N-ethyl adjacent to an activating group) is 1. The topological polar surface area (TPSA) is 73.6 Å². The number of methoxy groups -OCH3 is 1. The van der Waals surface area contributed by atoms with Crippen molar-refractivity contribution < 1.29 is 14.4 Å². The van der Waals surface area contributed by atoms with Crippen LogP contribution in [-0.4, -0.2) is 32.2 Å². The molecule has 18 heavy (non-hydrogen) atoms. The van der Waals surface area contributed by atoms with Crippen molar-refractivity contribution in [1.29, 1.82) is 0 Å². The summed E-state index contributed by atoms with van der Waals surface area (Å²) in [6.07, 6.45) is 0. The minimum atomic E-state index is -0.477. The first-order valence-electron chi connectivity index (χ1n) is 5.35. The van der Waals surface area contributed by atoms with E-state index in [0.29, 0.717) is 18.0 Å². The van der Waals surface area contributed by atoms with Gasteiger partial charge < -0.3 is 14.8 Å². The third kappa shape index (κ3) is 3.74. The van der Waals surface area contributed by atoms with Crippen molar-refractivity contribution >= 4 is 5.69 Å². The summed E-state index contributed by atoms with van der Waals surface area (Å²) in [5.74, 6) is 0.793. The fraction of sp³-hybridized carbons (Fsp3) is 0.333. The molecule has 0 fully saturated rings. The lowest BCUT2D eigenvalue weighted by molar-refractivity contribution is -0.385. The highest BCUT2D eigenvalue weighted by molar-refractivity contribution is 5.48. The van der Waals surface area contributed by atoms with E-state index < -0.39 is 4.92 Å². The van der Waals surface area contributed by atoms with E-state index in [4.69, 9.17) is 9.47 Å². The number of rotatable bonds is 7. The third-order valence-corrected chi connectivity index (χ3v) is 2.22. The van der Waals surface area contributed by atoms with E-state index in [1.165, 1.54) is 25.3 Å². The van der Waals surface area contributed by atoms with Crippen molar-refractivity contribution in [2.75, 3.05) is 27.3 Å². The molecule has 0 bridgehead atoms. The summed E-state index contributed by atoms with van der Waals surface area (Å²) in [4.78, 5) is 10.2. The van der Waals surface area contributed by atoms with E-state index >= 15 is 0 Å². The van der Waals surface area contributed by atoms with Crippen LogP contribution in [0.3, 0.4) is 0 Å². The van der Waals surface area contributed by atoms with E-state index in [9.17, 15) is 10.1 Å². The molecule has 0 aromatic heterocycles. The Balaban J connectivity index is 2.81. The second kappa shape index (κ2) is 6.61. The molecule has 0 aliphatic heterocycles. The molecule has 0 heterocycles. The number of nitro benzene ring substituents is 1. The van der Waals surface area contributed by atoms with Gasteiger partial charge in [-0.05, 0) is 18.7 Å². The van der Waals surface area contributed by atoms with Gasteiger partial charge in [0.1, 0.15) is 6.61 Å². The summed E-state index contributed by atoms with van der Waals surface area (Å²) in [5, 5.41) is 13.6. The highest BCUT2D eigenvalue weighted by Crippen LogP contribution is 2.31. The molecule has 0 aliphatic rings. The third-order valence-electron chi connectivity index (χ3n) is 2.22. The SMILES string of the molecule is C=C(CNC)COc1cc([N+](=O)[O-])ccc1OC. The van der Waals surface area contributed by atoms with Crippen LogP contribution < -0.4 is 14.8 Å². The zero-order chi connectivity index (χ0) is 13.5. The largest absolute Gasteiger partial charge is 0.493 e. The number of nitrogens with zero attached hydrogens (tertiary/aromatic N) is 1. The molecule has 0 saturated carbocycles. The zero-order valence-corrected chi connectivity index (χ0v) is 10.4. The van der Waals surface area contributed by atoms with E-state index in [0.717, 1.165) is 5.57 Å². The van der Waals surface area contributed by atoms with E-state index in [-0.39, 0.29) is 12.3 Å². The van der Waals surface area contributed by atoms with E-state index in [1.807, 2.05) is 0 Å². The fourth-order valence-electron chi connectivity index (χ4n) is 1.37. The van der Waals surface area contributed by atoms with Crippen LogP contribution in [0.1, 0.15) is 0 Å². The van der Waals surface area contributed by atoms with Crippen LogP contribution in [0.25, 0.3) is 0 Å². The lowest BCUT2D eigenvalue weighted by atomic mass is 10.2. The van der Waals surface area contributed by atoms with Gasteiger partial charge in [0.25, 0.3) is 5.69 Å². The van der Waals surface area contributed by atoms with Crippen LogP contribution in [0.5, 0.6) is 11.5 Å². The van der Waals surface area contributed by atoms with Gasteiger partial charge in [0.15, 0.2) is 11.5 Å². The normalized spacial score (nSPS) is 9.89. The summed E-state index contributed by atoms with van der Waals surface area (Å²) in [7, 11) is 3.29. The summed E-state index contributed by atoms with van der Waals surface area (Å²) in [5.41, 5.74) is 0.802.